The SMILES string of the molecule is CC(C(=O)O)c1cccc(CN2CCN(c3nc4ccc(Cl)cc4s3)CC2)c1. The molecule has 1 aromatic heterocycles. The number of nitrogens with zero attached hydrogens (tertiary/aromatic N) is 3. The minimum Gasteiger partial charge on any atom is -0.481 e. The minimum absolute atomic E-state index is 0.482. The minimum atomic E-state index is -0.789. The molecule has 0 saturated carbocycles. The fourth-order valence-electron chi connectivity index (χ4n) is 3.48. The highest BCUT2D eigenvalue weighted by Gasteiger charge is 2.20. The lowest BCUT2D eigenvalue weighted by Gasteiger charge is -2.34. The fraction of sp³-hybridized carbons (Fsp3) is 0.333. The Hall–Kier alpha value is -2.15. The number of halogens is 1. The highest BCUT2D eigenvalue weighted by atomic mass is 35.5. The van der Waals surface area contributed by atoms with E-state index in [1.807, 2.05) is 36.4 Å². The van der Waals surface area contributed by atoms with Crippen molar-refractivity contribution in [1.29, 1.82) is 0 Å². The number of carboxylic acid groups (broad SMARTS) is 1. The number of benzene rings is 2. The van der Waals surface area contributed by atoms with Crippen LogP contribution in [0.3, 0.4) is 0 Å². The van der Waals surface area contributed by atoms with E-state index < -0.39 is 11.9 Å². The second-order valence-corrected chi connectivity index (χ2v) is 8.62. The van der Waals surface area contributed by atoms with Crippen molar-refractivity contribution in [2.45, 2.75) is 19.4 Å². The molecule has 7 heteroatoms. The Morgan fingerprint density at radius 3 is 2.75 bits per heavy atom. The Labute approximate surface area is 173 Å². The molecule has 5 nitrogen and oxygen atoms in total. The van der Waals surface area contributed by atoms with Crippen LogP contribution in [0.2, 0.25) is 5.02 Å². The van der Waals surface area contributed by atoms with Crippen molar-refractivity contribution in [2.75, 3.05) is 31.1 Å². The zero-order chi connectivity index (χ0) is 19.7. The lowest BCUT2D eigenvalue weighted by molar-refractivity contribution is -0.138. The zero-order valence-corrected chi connectivity index (χ0v) is 17.2. The third-order valence-electron chi connectivity index (χ3n) is 5.21. The average molecular weight is 416 g/mol. The average Bonchev–Trinajstić information content (AvgIpc) is 3.11. The van der Waals surface area contributed by atoms with Gasteiger partial charge in [0.1, 0.15) is 0 Å². The number of rotatable bonds is 5. The Balaban J connectivity index is 1.39. The molecule has 28 heavy (non-hydrogen) atoms. The van der Waals surface area contributed by atoms with Crippen molar-refractivity contribution in [3.05, 3.63) is 58.6 Å². The number of aliphatic carboxylic acids is 1. The summed E-state index contributed by atoms with van der Waals surface area (Å²) in [6, 6.07) is 13.7. The smallest absolute Gasteiger partial charge is 0.310 e. The Bertz CT molecular complexity index is 998. The molecule has 1 N–H and O–H groups in total. The molecule has 0 spiro atoms. The number of thiazole rings is 1. The Kier molecular flexibility index (Phi) is 5.53. The molecule has 0 bridgehead atoms. The van der Waals surface area contributed by atoms with Crippen LogP contribution < -0.4 is 4.90 Å². The van der Waals surface area contributed by atoms with Gasteiger partial charge >= 0.3 is 5.97 Å². The number of anilines is 1. The molecule has 0 radical (unpaired) electrons. The summed E-state index contributed by atoms with van der Waals surface area (Å²) >= 11 is 7.77. The topological polar surface area (TPSA) is 56.7 Å². The molecule has 0 amide bonds. The molecular formula is C21H22ClN3O2S. The quantitative estimate of drug-likeness (QED) is 0.666. The maximum Gasteiger partial charge on any atom is 0.310 e. The molecule has 0 aliphatic carbocycles. The first-order valence-electron chi connectivity index (χ1n) is 9.34. The van der Waals surface area contributed by atoms with Gasteiger partial charge in [-0.2, -0.15) is 0 Å². The van der Waals surface area contributed by atoms with Gasteiger partial charge in [0.25, 0.3) is 0 Å². The van der Waals surface area contributed by atoms with Gasteiger partial charge in [0.15, 0.2) is 5.13 Å². The number of aromatic nitrogens is 1. The third-order valence-corrected chi connectivity index (χ3v) is 6.52. The molecule has 1 atom stereocenters. The summed E-state index contributed by atoms with van der Waals surface area (Å²) < 4.78 is 1.12. The summed E-state index contributed by atoms with van der Waals surface area (Å²) in [5.74, 6) is -1.27. The number of hydrogen-bond donors (Lipinski definition) is 1. The number of carboxylic acids is 1. The maximum atomic E-state index is 11.2. The largest absolute Gasteiger partial charge is 0.481 e. The third kappa shape index (κ3) is 4.14. The van der Waals surface area contributed by atoms with Gasteiger partial charge in [-0.3, -0.25) is 9.69 Å². The van der Waals surface area contributed by atoms with Crippen molar-refractivity contribution >= 4 is 44.3 Å². The Morgan fingerprint density at radius 1 is 1.21 bits per heavy atom. The normalized spacial score (nSPS) is 16.4. The molecule has 1 unspecified atom stereocenters. The van der Waals surface area contributed by atoms with E-state index in [0.29, 0.717) is 0 Å². The zero-order valence-electron chi connectivity index (χ0n) is 15.6. The first kappa shape index (κ1) is 19.2. The van der Waals surface area contributed by atoms with Crippen LogP contribution in [-0.4, -0.2) is 47.1 Å². The monoisotopic (exact) mass is 415 g/mol. The molecule has 1 saturated heterocycles. The van der Waals surface area contributed by atoms with Crippen LogP contribution in [0.4, 0.5) is 5.13 Å². The van der Waals surface area contributed by atoms with Crippen molar-refractivity contribution < 1.29 is 9.90 Å². The van der Waals surface area contributed by atoms with Gasteiger partial charge in [-0.15, -0.1) is 0 Å². The van der Waals surface area contributed by atoms with Gasteiger partial charge in [-0.05, 0) is 36.2 Å². The van der Waals surface area contributed by atoms with Crippen LogP contribution in [0.5, 0.6) is 0 Å². The fourth-order valence-corrected chi connectivity index (χ4v) is 4.77. The van der Waals surface area contributed by atoms with Gasteiger partial charge in [0.05, 0.1) is 16.1 Å². The first-order valence-corrected chi connectivity index (χ1v) is 10.5. The van der Waals surface area contributed by atoms with Crippen LogP contribution in [0.1, 0.15) is 24.0 Å². The second kappa shape index (κ2) is 8.07. The summed E-state index contributed by atoms with van der Waals surface area (Å²) in [4.78, 5) is 20.7. The number of fused-ring (bicyclic) bond motifs is 1. The number of carbonyl (C=O) groups is 1. The van der Waals surface area contributed by atoms with Gasteiger partial charge < -0.3 is 10.0 Å². The van der Waals surface area contributed by atoms with Crippen molar-refractivity contribution in [1.82, 2.24) is 9.88 Å². The van der Waals surface area contributed by atoms with Crippen LogP contribution in [0.15, 0.2) is 42.5 Å². The molecule has 4 rings (SSSR count). The first-order chi connectivity index (χ1) is 13.5. The van der Waals surface area contributed by atoms with Gasteiger partial charge in [0.2, 0.25) is 0 Å². The predicted molar refractivity (Wildman–Crippen MR) is 115 cm³/mol. The van der Waals surface area contributed by atoms with Crippen LogP contribution >= 0.6 is 22.9 Å². The van der Waals surface area contributed by atoms with E-state index >= 15 is 0 Å². The maximum absolute atomic E-state index is 11.2. The summed E-state index contributed by atoms with van der Waals surface area (Å²) in [5, 5.41) is 11.0. The van der Waals surface area contributed by atoms with E-state index in [4.69, 9.17) is 16.6 Å². The van der Waals surface area contributed by atoms with Crippen LogP contribution in [0, 0.1) is 0 Å². The number of hydrogen-bond acceptors (Lipinski definition) is 5. The highest BCUT2D eigenvalue weighted by Crippen LogP contribution is 2.31. The van der Waals surface area contributed by atoms with Gasteiger partial charge in [0, 0.05) is 37.7 Å². The van der Waals surface area contributed by atoms with Gasteiger partial charge in [-0.1, -0.05) is 47.2 Å². The van der Waals surface area contributed by atoms with E-state index in [9.17, 15) is 9.90 Å². The summed E-state index contributed by atoms with van der Waals surface area (Å²) in [6.45, 7) is 6.33. The highest BCUT2D eigenvalue weighted by molar-refractivity contribution is 7.22. The van der Waals surface area contributed by atoms with Crippen molar-refractivity contribution in [2.24, 2.45) is 0 Å². The van der Waals surface area contributed by atoms with E-state index in [2.05, 4.69) is 15.9 Å². The van der Waals surface area contributed by atoms with Gasteiger partial charge in [-0.25, -0.2) is 4.98 Å². The molecule has 3 aromatic rings. The molecule has 1 aliphatic heterocycles. The molecular weight excluding hydrogens is 394 g/mol. The summed E-state index contributed by atoms with van der Waals surface area (Å²) in [5.41, 5.74) is 3.02. The lowest BCUT2D eigenvalue weighted by atomic mass is 9.99. The molecule has 2 heterocycles. The van der Waals surface area contributed by atoms with Crippen LogP contribution in [-0.2, 0) is 11.3 Å². The van der Waals surface area contributed by atoms with E-state index in [-0.39, 0.29) is 0 Å². The van der Waals surface area contributed by atoms with E-state index in [1.54, 1.807) is 18.3 Å². The Morgan fingerprint density at radius 2 is 2.00 bits per heavy atom. The lowest BCUT2D eigenvalue weighted by Crippen LogP contribution is -2.45. The standard InChI is InChI=1S/C21H22ClN3O2S/c1-14(20(26)27)16-4-2-3-15(11-16)13-24-7-9-25(10-8-24)21-23-18-6-5-17(22)12-19(18)28-21/h2-6,11-12,14H,7-10,13H2,1H3,(H,26,27). The molecule has 1 aliphatic rings. The molecule has 2 aromatic carbocycles. The molecule has 1 fully saturated rings. The van der Waals surface area contributed by atoms with Crippen molar-refractivity contribution in [3.63, 3.8) is 0 Å². The second-order valence-electron chi connectivity index (χ2n) is 7.18. The van der Waals surface area contributed by atoms with Crippen molar-refractivity contribution in [3.8, 4) is 0 Å². The van der Waals surface area contributed by atoms with E-state index in [0.717, 1.165) is 64.2 Å². The number of piperazine rings is 1. The summed E-state index contributed by atoms with van der Waals surface area (Å²) in [7, 11) is 0. The van der Waals surface area contributed by atoms with Crippen LogP contribution in [0.25, 0.3) is 10.2 Å². The summed E-state index contributed by atoms with van der Waals surface area (Å²) in [6.07, 6.45) is 0. The molecule has 146 valence electrons. The van der Waals surface area contributed by atoms with E-state index in [1.165, 1.54) is 0 Å². The predicted octanol–water partition coefficient (Wildman–Crippen LogP) is 4.46.